The summed E-state index contributed by atoms with van der Waals surface area (Å²) < 4.78 is 5.92. The van der Waals surface area contributed by atoms with E-state index < -0.39 is 0 Å². The first-order chi connectivity index (χ1) is 9.05. The summed E-state index contributed by atoms with van der Waals surface area (Å²) in [5.41, 5.74) is 5.54. The number of carbonyl (C=O) groups excluding carboxylic acids is 1. The lowest BCUT2D eigenvalue weighted by molar-refractivity contribution is -0.126. The van der Waals surface area contributed by atoms with Crippen LogP contribution in [0.25, 0.3) is 0 Å². The Bertz CT molecular complexity index is 277. The molecule has 1 rings (SSSR count). The minimum atomic E-state index is -0.0270. The SMILES string of the molecule is CCC1(CC)CC(NC(=O)CCC(C)CN)CCO1. The molecule has 0 aromatic carbocycles. The van der Waals surface area contributed by atoms with E-state index in [-0.39, 0.29) is 17.6 Å². The largest absolute Gasteiger partial charge is 0.375 e. The van der Waals surface area contributed by atoms with E-state index in [1.54, 1.807) is 0 Å². The standard InChI is InChI=1S/C15H30N2O2/c1-4-15(5-2)10-13(8-9-19-15)17-14(18)7-6-12(3)11-16/h12-13H,4-11,16H2,1-3H3,(H,17,18). The molecule has 0 aromatic heterocycles. The van der Waals surface area contributed by atoms with Crippen LogP contribution in [0.3, 0.4) is 0 Å². The topological polar surface area (TPSA) is 64.4 Å². The molecular formula is C15H30N2O2. The molecule has 19 heavy (non-hydrogen) atoms. The molecule has 0 bridgehead atoms. The number of amides is 1. The van der Waals surface area contributed by atoms with Crippen molar-refractivity contribution in [3.05, 3.63) is 0 Å². The Morgan fingerprint density at radius 2 is 2.16 bits per heavy atom. The van der Waals surface area contributed by atoms with Crippen molar-refractivity contribution in [3.8, 4) is 0 Å². The van der Waals surface area contributed by atoms with Crippen LogP contribution in [0.1, 0.15) is 59.3 Å². The lowest BCUT2D eigenvalue weighted by atomic mass is 9.86. The van der Waals surface area contributed by atoms with Crippen molar-refractivity contribution in [2.75, 3.05) is 13.2 Å². The molecule has 2 atom stereocenters. The van der Waals surface area contributed by atoms with Crippen LogP contribution < -0.4 is 11.1 Å². The molecule has 0 aromatic rings. The van der Waals surface area contributed by atoms with Gasteiger partial charge in [0.1, 0.15) is 0 Å². The first-order valence-corrected chi connectivity index (χ1v) is 7.68. The summed E-state index contributed by atoms with van der Waals surface area (Å²) in [6.07, 6.45) is 5.36. The lowest BCUT2D eigenvalue weighted by Gasteiger charge is -2.40. The summed E-state index contributed by atoms with van der Waals surface area (Å²) in [6.45, 7) is 7.82. The average Bonchev–Trinajstić information content (AvgIpc) is 2.44. The molecule has 1 heterocycles. The van der Waals surface area contributed by atoms with Crippen molar-refractivity contribution in [3.63, 3.8) is 0 Å². The smallest absolute Gasteiger partial charge is 0.220 e. The monoisotopic (exact) mass is 270 g/mol. The third kappa shape index (κ3) is 5.11. The highest BCUT2D eigenvalue weighted by molar-refractivity contribution is 5.76. The number of hydrogen-bond acceptors (Lipinski definition) is 3. The zero-order valence-corrected chi connectivity index (χ0v) is 12.7. The Morgan fingerprint density at radius 1 is 1.47 bits per heavy atom. The molecule has 1 aliphatic rings. The molecule has 1 aliphatic heterocycles. The van der Waals surface area contributed by atoms with E-state index in [4.69, 9.17) is 10.5 Å². The molecule has 2 unspecified atom stereocenters. The molecule has 0 spiro atoms. The van der Waals surface area contributed by atoms with Gasteiger partial charge >= 0.3 is 0 Å². The molecule has 1 saturated heterocycles. The minimum absolute atomic E-state index is 0.0270. The second-order valence-electron chi connectivity index (χ2n) is 5.88. The molecule has 3 N–H and O–H groups in total. The van der Waals surface area contributed by atoms with Gasteiger partial charge < -0.3 is 15.8 Å². The maximum atomic E-state index is 11.9. The first-order valence-electron chi connectivity index (χ1n) is 7.68. The van der Waals surface area contributed by atoms with E-state index in [1.807, 2.05) is 0 Å². The van der Waals surface area contributed by atoms with Crippen LogP contribution >= 0.6 is 0 Å². The predicted molar refractivity (Wildman–Crippen MR) is 77.9 cm³/mol. The number of nitrogens with two attached hydrogens (primary N) is 1. The summed E-state index contributed by atoms with van der Waals surface area (Å²) >= 11 is 0. The molecule has 4 nitrogen and oxygen atoms in total. The van der Waals surface area contributed by atoms with Crippen LogP contribution in [0.4, 0.5) is 0 Å². The Labute approximate surface area is 117 Å². The summed E-state index contributed by atoms with van der Waals surface area (Å²) in [5, 5.41) is 3.16. The normalized spacial score (nSPS) is 23.9. The van der Waals surface area contributed by atoms with Crippen LogP contribution in [0.2, 0.25) is 0 Å². The Kier molecular flexibility index (Phi) is 6.80. The summed E-state index contributed by atoms with van der Waals surface area (Å²) in [4.78, 5) is 11.9. The van der Waals surface area contributed by atoms with Crippen LogP contribution in [0, 0.1) is 5.92 Å². The van der Waals surface area contributed by atoms with E-state index in [2.05, 4.69) is 26.1 Å². The van der Waals surface area contributed by atoms with Gasteiger partial charge in [-0.3, -0.25) is 4.79 Å². The van der Waals surface area contributed by atoms with Gasteiger partial charge in [-0.2, -0.15) is 0 Å². The van der Waals surface area contributed by atoms with Crippen LogP contribution in [0.5, 0.6) is 0 Å². The number of hydrogen-bond donors (Lipinski definition) is 2. The Morgan fingerprint density at radius 3 is 2.74 bits per heavy atom. The van der Waals surface area contributed by atoms with Gasteiger partial charge in [-0.25, -0.2) is 0 Å². The van der Waals surface area contributed by atoms with Gasteiger partial charge in [-0.15, -0.1) is 0 Å². The zero-order chi connectivity index (χ0) is 14.3. The number of ether oxygens (including phenoxy) is 1. The minimum Gasteiger partial charge on any atom is -0.375 e. The average molecular weight is 270 g/mol. The van der Waals surface area contributed by atoms with Crippen LogP contribution in [0.15, 0.2) is 0 Å². The molecule has 0 aliphatic carbocycles. The Hall–Kier alpha value is -0.610. The molecule has 0 radical (unpaired) electrons. The second-order valence-corrected chi connectivity index (χ2v) is 5.88. The summed E-state index contributed by atoms with van der Waals surface area (Å²) in [6, 6.07) is 0.273. The number of carbonyl (C=O) groups is 1. The molecule has 0 saturated carbocycles. The first kappa shape index (κ1) is 16.4. The zero-order valence-electron chi connectivity index (χ0n) is 12.7. The van der Waals surface area contributed by atoms with Gasteiger partial charge in [-0.1, -0.05) is 20.8 Å². The van der Waals surface area contributed by atoms with Gasteiger partial charge in [-0.05, 0) is 44.6 Å². The predicted octanol–water partition coefficient (Wildman–Crippen LogP) is 2.22. The third-order valence-corrected chi connectivity index (χ3v) is 4.41. The molecule has 1 amide bonds. The van der Waals surface area contributed by atoms with Crippen molar-refractivity contribution < 1.29 is 9.53 Å². The molecule has 4 heteroatoms. The summed E-state index contributed by atoms with van der Waals surface area (Å²) in [7, 11) is 0. The van der Waals surface area contributed by atoms with E-state index in [1.165, 1.54) is 0 Å². The van der Waals surface area contributed by atoms with E-state index in [0.717, 1.165) is 38.7 Å². The number of nitrogens with one attached hydrogen (secondary N) is 1. The second kappa shape index (κ2) is 7.85. The van der Waals surface area contributed by atoms with Crippen molar-refractivity contribution in [1.82, 2.24) is 5.32 Å². The Balaban J connectivity index is 2.37. The third-order valence-electron chi connectivity index (χ3n) is 4.41. The highest BCUT2D eigenvalue weighted by Crippen LogP contribution is 2.31. The fraction of sp³-hybridized carbons (Fsp3) is 0.933. The molecular weight excluding hydrogens is 240 g/mol. The maximum absolute atomic E-state index is 11.9. The maximum Gasteiger partial charge on any atom is 0.220 e. The van der Waals surface area contributed by atoms with Crippen molar-refractivity contribution >= 4 is 5.91 Å². The van der Waals surface area contributed by atoms with Crippen molar-refractivity contribution in [2.24, 2.45) is 11.7 Å². The van der Waals surface area contributed by atoms with Crippen molar-refractivity contribution in [2.45, 2.75) is 70.9 Å². The quantitative estimate of drug-likeness (QED) is 0.745. The molecule has 1 fully saturated rings. The fourth-order valence-corrected chi connectivity index (χ4v) is 2.69. The van der Waals surface area contributed by atoms with Gasteiger partial charge in [0.25, 0.3) is 0 Å². The van der Waals surface area contributed by atoms with Gasteiger partial charge in [0.15, 0.2) is 0 Å². The van der Waals surface area contributed by atoms with Gasteiger partial charge in [0, 0.05) is 19.1 Å². The highest BCUT2D eigenvalue weighted by atomic mass is 16.5. The van der Waals surface area contributed by atoms with Crippen molar-refractivity contribution in [1.29, 1.82) is 0 Å². The van der Waals surface area contributed by atoms with Gasteiger partial charge in [0.2, 0.25) is 5.91 Å². The van der Waals surface area contributed by atoms with E-state index in [9.17, 15) is 4.79 Å². The van der Waals surface area contributed by atoms with Gasteiger partial charge in [0.05, 0.1) is 5.60 Å². The van der Waals surface area contributed by atoms with E-state index in [0.29, 0.717) is 18.9 Å². The molecule has 112 valence electrons. The van der Waals surface area contributed by atoms with Crippen LogP contribution in [-0.4, -0.2) is 30.7 Å². The van der Waals surface area contributed by atoms with E-state index >= 15 is 0 Å². The fourth-order valence-electron chi connectivity index (χ4n) is 2.69. The number of rotatable bonds is 7. The lowest BCUT2D eigenvalue weighted by Crippen LogP contribution is -2.48. The summed E-state index contributed by atoms with van der Waals surface area (Å²) in [5.74, 6) is 0.583. The highest BCUT2D eigenvalue weighted by Gasteiger charge is 2.34. The van der Waals surface area contributed by atoms with Crippen LogP contribution in [-0.2, 0) is 9.53 Å².